The summed E-state index contributed by atoms with van der Waals surface area (Å²) < 4.78 is 5.26. The van der Waals surface area contributed by atoms with Crippen LogP contribution in [0.3, 0.4) is 0 Å². The van der Waals surface area contributed by atoms with Crippen LogP contribution in [0.2, 0.25) is 10.0 Å². The van der Waals surface area contributed by atoms with Crippen LogP contribution in [0, 0.1) is 0 Å². The molecule has 0 aromatic heterocycles. The number of hydrogen-bond acceptors (Lipinski definition) is 3. The molecular weight excluding hydrogens is 359 g/mol. The van der Waals surface area contributed by atoms with Gasteiger partial charge in [-0.05, 0) is 36.6 Å². The smallest absolute Gasteiger partial charge is 0.255 e. The van der Waals surface area contributed by atoms with E-state index in [1.807, 2.05) is 24.3 Å². The second-order valence-electron chi connectivity index (χ2n) is 6.40. The highest BCUT2D eigenvalue weighted by Crippen LogP contribution is 2.43. The molecule has 4 nitrogen and oxygen atoms in total. The predicted octanol–water partition coefficient (Wildman–Crippen LogP) is 4.44. The Morgan fingerprint density at radius 2 is 1.92 bits per heavy atom. The van der Waals surface area contributed by atoms with Crippen molar-refractivity contribution in [3.8, 4) is 5.75 Å². The molecule has 2 aromatic rings. The molecule has 0 atom stereocenters. The Balaban J connectivity index is 1.77. The molecule has 0 unspecified atom stereocenters. The third-order valence-electron chi connectivity index (χ3n) is 4.92. The number of nitrogens with two attached hydrogens (primary N) is 1. The fourth-order valence-electron chi connectivity index (χ4n) is 3.23. The lowest BCUT2D eigenvalue weighted by molar-refractivity contribution is 0.0925. The van der Waals surface area contributed by atoms with E-state index in [-0.39, 0.29) is 11.3 Å². The molecule has 3 N–H and O–H groups in total. The fraction of sp³-hybridized carbons (Fsp3) is 0.316. The van der Waals surface area contributed by atoms with Gasteiger partial charge < -0.3 is 15.8 Å². The van der Waals surface area contributed by atoms with Crippen molar-refractivity contribution in [2.75, 3.05) is 19.4 Å². The quantitative estimate of drug-likeness (QED) is 0.755. The summed E-state index contributed by atoms with van der Waals surface area (Å²) in [5.41, 5.74) is 7.70. The summed E-state index contributed by atoms with van der Waals surface area (Å²) in [5.74, 6) is 0.188. The van der Waals surface area contributed by atoms with Gasteiger partial charge in [0.15, 0.2) is 0 Å². The van der Waals surface area contributed by atoms with Crippen LogP contribution in [0.25, 0.3) is 0 Å². The van der Waals surface area contributed by atoms with Gasteiger partial charge in [-0.1, -0.05) is 41.8 Å². The molecule has 1 aliphatic carbocycles. The van der Waals surface area contributed by atoms with Crippen LogP contribution in [-0.2, 0) is 5.41 Å². The van der Waals surface area contributed by atoms with Crippen molar-refractivity contribution in [3.63, 3.8) is 0 Å². The van der Waals surface area contributed by atoms with Gasteiger partial charge in [-0.15, -0.1) is 0 Å². The Bertz CT molecular complexity index is 787. The van der Waals surface area contributed by atoms with Gasteiger partial charge >= 0.3 is 0 Å². The largest absolute Gasteiger partial charge is 0.496 e. The number of nitrogens with one attached hydrogen (secondary N) is 1. The topological polar surface area (TPSA) is 64.3 Å². The van der Waals surface area contributed by atoms with Crippen LogP contribution in [-0.4, -0.2) is 19.6 Å². The summed E-state index contributed by atoms with van der Waals surface area (Å²) >= 11 is 12.0. The summed E-state index contributed by atoms with van der Waals surface area (Å²) in [5, 5.41) is 4.07. The monoisotopic (exact) mass is 378 g/mol. The first kappa shape index (κ1) is 17.9. The number of ether oxygens (including phenoxy) is 1. The molecule has 25 heavy (non-hydrogen) atoms. The van der Waals surface area contributed by atoms with Crippen molar-refractivity contribution in [2.45, 2.75) is 24.7 Å². The summed E-state index contributed by atoms with van der Waals surface area (Å²) in [6, 6.07) is 11.0. The van der Waals surface area contributed by atoms with E-state index in [1.54, 1.807) is 12.1 Å². The molecule has 0 heterocycles. The number of methoxy groups -OCH3 is 1. The van der Waals surface area contributed by atoms with E-state index in [2.05, 4.69) is 5.32 Å². The fourth-order valence-corrected chi connectivity index (χ4v) is 3.52. The Morgan fingerprint density at radius 3 is 2.48 bits per heavy atom. The average molecular weight is 379 g/mol. The van der Waals surface area contributed by atoms with E-state index in [9.17, 15) is 4.79 Å². The number of hydrogen-bond donors (Lipinski definition) is 2. The minimum Gasteiger partial charge on any atom is -0.496 e. The summed E-state index contributed by atoms with van der Waals surface area (Å²) in [6.45, 7) is 0.554. The Labute approximate surface area is 157 Å². The molecule has 1 saturated carbocycles. The second kappa shape index (κ2) is 7.14. The van der Waals surface area contributed by atoms with Gasteiger partial charge in [0, 0.05) is 23.0 Å². The van der Waals surface area contributed by atoms with E-state index in [0.29, 0.717) is 33.6 Å². The molecule has 2 aromatic carbocycles. The molecule has 0 aliphatic heterocycles. The number of nitrogen functional groups attached to an aromatic ring is 1. The SMILES string of the molecule is COc1cc(N)c(Cl)cc1C(=O)NCC1(c2ccc(Cl)cc2)CCC1. The molecule has 132 valence electrons. The van der Waals surface area contributed by atoms with Crippen LogP contribution in [0.4, 0.5) is 5.69 Å². The van der Waals surface area contributed by atoms with Crippen molar-refractivity contribution in [2.24, 2.45) is 0 Å². The normalized spacial score (nSPS) is 15.3. The summed E-state index contributed by atoms with van der Waals surface area (Å²) in [4.78, 5) is 12.6. The van der Waals surface area contributed by atoms with Gasteiger partial charge in [0.2, 0.25) is 0 Å². The predicted molar refractivity (Wildman–Crippen MR) is 102 cm³/mol. The molecule has 3 rings (SSSR count). The van der Waals surface area contributed by atoms with Crippen molar-refractivity contribution >= 4 is 34.8 Å². The van der Waals surface area contributed by atoms with Crippen LogP contribution < -0.4 is 15.8 Å². The molecule has 0 spiro atoms. The standard InChI is InChI=1S/C19H20Cl2N2O2/c1-25-17-10-16(22)15(21)9-14(17)18(24)23-11-19(7-2-8-19)12-3-5-13(20)6-4-12/h3-6,9-10H,2,7-8,11,22H2,1H3,(H,23,24). The van der Waals surface area contributed by atoms with Gasteiger partial charge in [0.05, 0.1) is 23.4 Å². The van der Waals surface area contributed by atoms with Gasteiger partial charge in [-0.25, -0.2) is 0 Å². The number of halogens is 2. The van der Waals surface area contributed by atoms with Crippen molar-refractivity contribution in [1.82, 2.24) is 5.32 Å². The Kier molecular flexibility index (Phi) is 5.11. The van der Waals surface area contributed by atoms with E-state index in [4.69, 9.17) is 33.7 Å². The number of carbonyl (C=O) groups is 1. The van der Waals surface area contributed by atoms with Crippen molar-refractivity contribution in [1.29, 1.82) is 0 Å². The van der Waals surface area contributed by atoms with Crippen LogP contribution in [0.1, 0.15) is 35.2 Å². The van der Waals surface area contributed by atoms with E-state index in [0.717, 1.165) is 19.3 Å². The first-order valence-electron chi connectivity index (χ1n) is 8.12. The highest BCUT2D eigenvalue weighted by molar-refractivity contribution is 6.33. The number of amides is 1. The minimum atomic E-state index is -0.223. The van der Waals surface area contributed by atoms with Crippen LogP contribution >= 0.6 is 23.2 Å². The third-order valence-corrected chi connectivity index (χ3v) is 5.50. The van der Waals surface area contributed by atoms with Gasteiger partial charge in [-0.3, -0.25) is 4.79 Å². The van der Waals surface area contributed by atoms with E-state index < -0.39 is 0 Å². The first-order valence-corrected chi connectivity index (χ1v) is 8.88. The zero-order valence-electron chi connectivity index (χ0n) is 13.9. The first-order chi connectivity index (χ1) is 11.9. The second-order valence-corrected chi connectivity index (χ2v) is 7.24. The number of carbonyl (C=O) groups excluding carboxylic acids is 1. The highest BCUT2D eigenvalue weighted by atomic mass is 35.5. The van der Waals surface area contributed by atoms with Crippen molar-refractivity contribution < 1.29 is 9.53 Å². The number of rotatable bonds is 5. The molecule has 0 saturated heterocycles. The summed E-state index contributed by atoms with van der Waals surface area (Å²) in [6.07, 6.45) is 3.22. The molecule has 0 radical (unpaired) electrons. The van der Waals surface area contributed by atoms with Crippen molar-refractivity contribution in [3.05, 3.63) is 57.6 Å². The molecule has 6 heteroatoms. The van der Waals surface area contributed by atoms with Gasteiger partial charge in [0.25, 0.3) is 5.91 Å². The maximum absolute atomic E-state index is 12.6. The maximum atomic E-state index is 12.6. The Morgan fingerprint density at radius 1 is 1.24 bits per heavy atom. The molecular formula is C19H20Cl2N2O2. The van der Waals surface area contributed by atoms with Gasteiger partial charge in [0.1, 0.15) is 5.75 Å². The highest BCUT2D eigenvalue weighted by Gasteiger charge is 2.39. The zero-order valence-corrected chi connectivity index (χ0v) is 15.5. The number of anilines is 1. The number of benzene rings is 2. The third kappa shape index (κ3) is 3.55. The molecule has 0 bridgehead atoms. The van der Waals surface area contributed by atoms with E-state index in [1.165, 1.54) is 12.7 Å². The lowest BCUT2D eigenvalue weighted by atomic mass is 9.64. The Hall–Kier alpha value is -1.91. The minimum absolute atomic E-state index is 0.0366. The molecule has 1 amide bonds. The van der Waals surface area contributed by atoms with Gasteiger partial charge in [-0.2, -0.15) is 0 Å². The van der Waals surface area contributed by atoms with E-state index >= 15 is 0 Å². The lowest BCUT2D eigenvalue weighted by Gasteiger charge is -2.42. The summed E-state index contributed by atoms with van der Waals surface area (Å²) in [7, 11) is 1.50. The zero-order chi connectivity index (χ0) is 18.0. The molecule has 1 aliphatic rings. The van der Waals surface area contributed by atoms with Crippen LogP contribution in [0.5, 0.6) is 5.75 Å². The average Bonchev–Trinajstić information content (AvgIpc) is 2.57. The van der Waals surface area contributed by atoms with Crippen LogP contribution in [0.15, 0.2) is 36.4 Å². The molecule has 1 fully saturated rings. The lowest BCUT2D eigenvalue weighted by Crippen LogP contribution is -2.45. The maximum Gasteiger partial charge on any atom is 0.255 e.